The third kappa shape index (κ3) is 2.75. The molecule has 0 amide bonds. The van der Waals surface area contributed by atoms with Gasteiger partial charge in [-0.25, -0.2) is 4.39 Å². The van der Waals surface area contributed by atoms with Gasteiger partial charge in [-0.15, -0.1) is 0 Å². The highest BCUT2D eigenvalue weighted by atomic mass is 79.9. The van der Waals surface area contributed by atoms with Crippen molar-refractivity contribution >= 4 is 27.6 Å². The van der Waals surface area contributed by atoms with Crippen molar-refractivity contribution in [1.29, 1.82) is 0 Å². The van der Waals surface area contributed by atoms with Crippen molar-refractivity contribution in [1.82, 2.24) is 0 Å². The minimum atomic E-state index is -0.784. The van der Waals surface area contributed by atoms with Crippen LogP contribution in [0, 0.1) is 15.9 Å². The normalized spacial score (nSPS) is 9.94. The number of nitrogens with zero attached hydrogens (tertiary/aromatic N) is 1. The Kier molecular flexibility index (Phi) is 3.94. The number of hydrogen-bond acceptors (Lipinski definition) is 4. The number of carbonyl (C=O) groups excluding carboxylic acids is 1. The number of carbonyl (C=O) groups is 1. The van der Waals surface area contributed by atoms with Crippen LogP contribution >= 0.6 is 15.9 Å². The lowest BCUT2D eigenvalue weighted by Crippen LogP contribution is -2.05. The molecule has 0 aliphatic heterocycles. The minimum Gasteiger partial charge on any atom is -0.469 e. The summed E-state index contributed by atoms with van der Waals surface area (Å²) in [6.07, 6.45) is -0.207. The molecule has 1 aromatic carbocycles. The van der Waals surface area contributed by atoms with Crippen LogP contribution in [-0.4, -0.2) is 18.0 Å². The van der Waals surface area contributed by atoms with E-state index in [-0.39, 0.29) is 16.5 Å². The van der Waals surface area contributed by atoms with Gasteiger partial charge in [0.1, 0.15) is 10.3 Å². The molecule has 0 aromatic heterocycles. The van der Waals surface area contributed by atoms with E-state index in [1.807, 2.05) is 0 Å². The number of ether oxygens (including phenoxy) is 1. The highest BCUT2D eigenvalue weighted by Crippen LogP contribution is 2.29. The molecular formula is C9H7BrFNO4. The molecule has 0 fully saturated rings. The summed E-state index contributed by atoms with van der Waals surface area (Å²) in [7, 11) is 1.19. The average molecular weight is 292 g/mol. The molecule has 0 radical (unpaired) electrons. The molecule has 0 aliphatic carbocycles. The lowest BCUT2D eigenvalue weighted by atomic mass is 10.1. The Labute approximate surface area is 98.5 Å². The second-order valence-corrected chi connectivity index (χ2v) is 3.71. The Hall–Kier alpha value is -1.50. The van der Waals surface area contributed by atoms with Gasteiger partial charge in [0, 0.05) is 6.07 Å². The van der Waals surface area contributed by atoms with Gasteiger partial charge in [0.05, 0.1) is 18.5 Å². The van der Waals surface area contributed by atoms with E-state index in [2.05, 4.69) is 20.7 Å². The van der Waals surface area contributed by atoms with Crippen LogP contribution in [0.3, 0.4) is 0 Å². The van der Waals surface area contributed by atoms with Crippen LogP contribution in [0.15, 0.2) is 16.6 Å². The van der Waals surface area contributed by atoms with E-state index in [4.69, 9.17) is 0 Å². The van der Waals surface area contributed by atoms with Gasteiger partial charge in [-0.05, 0) is 27.6 Å². The summed E-state index contributed by atoms with van der Waals surface area (Å²) in [5.41, 5.74) is -0.224. The molecule has 0 bridgehead atoms. The zero-order valence-electron chi connectivity index (χ0n) is 8.20. The molecule has 0 N–H and O–H groups in total. The highest BCUT2D eigenvalue weighted by molar-refractivity contribution is 9.10. The average Bonchev–Trinajstić information content (AvgIpc) is 2.22. The Morgan fingerprint density at radius 1 is 1.62 bits per heavy atom. The molecule has 0 saturated heterocycles. The first kappa shape index (κ1) is 12.6. The molecule has 5 nitrogen and oxygen atoms in total. The molecule has 0 aliphatic rings. The van der Waals surface area contributed by atoms with Crippen LogP contribution in [0.4, 0.5) is 10.1 Å². The van der Waals surface area contributed by atoms with Crippen molar-refractivity contribution in [2.75, 3.05) is 7.11 Å². The predicted molar refractivity (Wildman–Crippen MR) is 56.5 cm³/mol. The number of rotatable bonds is 3. The molecule has 1 rings (SSSR count). The molecule has 0 atom stereocenters. The third-order valence-electron chi connectivity index (χ3n) is 1.84. The van der Waals surface area contributed by atoms with Gasteiger partial charge in [0.2, 0.25) is 0 Å². The zero-order valence-corrected chi connectivity index (χ0v) is 9.78. The maximum absolute atomic E-state index is 13.3. The van der Waals surface area contributed by atoms with Crippen molar-refractivity contribution in [3.8, 4) is 0 Å². The Bertz CT molecular complexity index is 449. The first-order valence-corrected chi connectivity index (χ1v) is 4.94. The molecule has 1 aromatic rings. The van der Waals surface area contributed by atoms with Crippen LogP contribution in [0.5, 0.6) is 0 Å². The van der Waals surface area contributed by atoms with Gasteiger partial charge >= 0.3 is 5.97 Å². The second kappa shape index (κ2) is 5.02. The van der Waals surface area contributed by atoms with Crippen molar-refractivity contribution in [2.45, 2.75) is 6.42 Å². The molecule has 7 heteroatoms. The Morgan fingerprint density at radius 3 is 2.75 bits per heavy atom. The number of hydrogen-bond donors (Lipinski definition) is 0. The van der Waals surface area contributed by atoms with Gasteiger partial charge in [0.25, 0.3) is 5.69 Å². The number of benzene rings is 1. The largest absolute Gasteiger partial charge is 0.469 e. The van der Waals surface area contributed by atoms with Crippen molar-refractivity contribution in [3.63, 3.8) is 0 Å². The molecule has 0 heterocycles. The minimum absolute atomic E-state index is 0.194. The summed E-state index contributed by atoms with van der Waals surface area (Å²) >= 11 is 2.77. The molecule has 0 unspecified atom stereocenters. The fourth-order valence-corrected chi connectivity index (χ4v) is 1.48. The molecule has 16 heavy (non-hydrogen) atoms. The second-order valence-electron chi connectivity index (χ2n) is 2.92. The zero-order chi connectivity index (χ0) is 12.3. The smallest absolute Gasteiger partial charge is 0.309 e. The lowest BCUT2D eigenvalue weighted by molar-refractivity contribution is -0.385. The lowest BCUT2D eigenvalue weighted by Gasteiger charge is -2.02. The SMILES string of the molecule is COC(=O)Cc1cc(F)c(Br)c([N+](=O)[O-])c1. The quantitative estimate of drug-likeness (QED) is 0.486. The number of nitro groups is 1. The topological polar surface area (TPSA) is 69.4 Å². The third-order valence-corrected chi connectivity index (χ3v) is 2.63. The van der Waals surface area contributed by atoms with Crippen molar-refractivity contribution < 1.29 is 18.8 Å². The van der Waals surface area contributed by atoms with E-state index >= 15 is 0 Å². The number of esters is 1. The van der Waals surface area contributed by atoms with Gasteiger partial charge in [-0.1, -0.05) is 0 Å². The van der Waals surface area contributed by atoms with Gasteiger partial charge in [-0.2, -0.15) is 0 Å². The maximum atomic E-state index is 13.3. The van der Waals surface area contributed by atoms with Gasteiger partial charge in [0.15, 0.2) is 0 Å². The number of methoxy groups -OCH3 is 1. The summed E-state index contributed by atoms with van der Waals surface area (Å²) < 4.78 is 17.4. The van der Waals surface area contributed by atoms with E-state index in [1.165, 1.54) is 7.11 Å². The van der Waals surface area contributed by atoms with E-state index in [1.54, 1.807) is 0 Å². The monoisotopic (exact) mass is 291 g/mol. The van der Waals surface area contributed by atoms with Crippen LogP contribution < -0.4 is 0 Å². The van der Waals surface area contributed by atoms with Crippen LogP contribution in [-0.2, 0) is 16.0 Å². The maximum Gasteiger partial charge on any atom is 0.309 e. The molecule has 0 spiro atoms. The van der Waals surface area contributed by atoms with Crippen molar-refractivity contribution in [2.24, 2.45) is 0 Å². The van der Waals surface area contributed by atoms with Gasteiger partial charge < -0.3 is 4.74 Å². The summed E-state index contributed by atoms with van der Waals surface area (Å²) in [5.74, 6) is -1.37. The summed E-state index contributed by atoms with van der Waals surface area (Å²) in [5, 5.41) is 10.6. The van der Waals surface area contributed by atoms with E-state index in [0.717, 1.165) is 12.1 Å². The first-order valence-electron chi connectivity index (χ1n) is 4.15. The Balaban J connectivity index is 3.14. The first-order chi connectivity index (χ1) is 7.45. The summed E-state index contributed by atoms with van der Waals surface area (Å²) in [6.45, 7) is 0. The fraction of sp³-hybridized carbons (Fsp3) is 0.222. The molecular weight excluding hydrogens is 285 g/mol. The number of nitro benzene ring substituents is 1. The van der Waals surface area contributed by atoms with Gasteiger partial charge in [-0.3, -0.25) is 14.9 Å². The predicted octanol–water partition coefficient (Wildman–Crippen LogP) is 2.21. The summed E-state index contributed by atoms with van der Waals surface area (Å²) in [6, 6.07) is 2.18. The fourth-order valence-electron chi connectivity index (χ4n) is 1.10. The number of halogens is 2. The van der Waals surface area contributed by atoms with E-state index in [0.29, 0.717) is 0 Å². The van der Waals surface area contributed by atoms with Crippen molar-refractivity contribution in [3.05, 3.63) is 38.1 Å². The van der Waals surface area contributed by atoms with E-state index < -0.39 is 22.4 Å². The summed E-state index contributed by atoms with van der Waals surface area (Å²) in [4.78, 5) is 20.8. The van der Waals surface area contributed by atoms with Crippen LogP contribution in [0.2, 0.25) is 0 Å². The highest BCUT2D eigenvalue weighted by Gasteiger charge is 2.18. The molecule has 0 saturated carbocycles. The Morgan fingerprint density at radius 2 is 2.25 bits per heavy atom. The van der Waals surface area contributed by atoms with E-state index in [9.17, 15) is 19.3 Å². The van der Waals surface area contributed by atoms with Crippen LogP contribution in [0.25, 0.3) is 0 Å². The molecule has 86 valence electrons. The standard InChI is InChI=1S/C9H7BrFNO4/c1-16-8(13)4-5-2-6(11)9(10)7(3-5)12(14)15/h2-3H,4H2,1H3. The van der Waals surface area contributed by atoms with Crippen LogP contribution in [0.1, 0.15) is 5.56 Å².